The molecular formula is C29H34FN3O4S. The Morgan fingerprint density at radius 3 is 2.21 bits per heavy atom. The largest absolute Gasteiger partial charge is 0.354 e. The summed E-state index contributed by atoms with van der Waals surface area (Å²) >= 11 is 0. The van der Waals surface area contributed by atoms with Gasteiger partial charge in [0.25, 0.3) is 10.0 Å². The lowest BCUT2D eigenvalue weighted by atomic mass is 10.1. The van der Waals surface area contributed by atoms with E-state index in [9.17, 15) is 22.4 Å². The minimum absolute atomic E-state index is 0.0331. The summed E-state index contributed by atoms with van der Waals surface area (Å²) in [6.45, 7) is 5.09. The third kappa shape index (κ3) is 7.19. The van der Waals surface area contributed by atoms with Crippen molar-refractivity contribution in [1.29, 1.82) is 0 Å². The van der Waals surface area contributed by atoms with Crippen molar-refractivity contribution in [3.05, 3.63) is 95.8 Å². The van der Waals surface area contributed by atoms with Gasteiger partial charge in [-0.1, -0.05) is 67.4 Å². The molecule has 202 valence electrons. The molecule has 0 unspecified atom stereocenters. The first-order valence-corrected chi connectivity index (χ1v) is 14.0. The Bertz CT molecular complexity index is 1330. The molecule has 1 N–H and O–H groups in total. The van der Waals surface area contributed by atoms with E-state index < -0.39 is 40.2 Å². The molecule has 0 aliphatic carbocycles. The van der Waals surface area contributed by atoms with Crippen molar-refractivity contribution in [2.24, 2.45) is 0 Å². The van der Waals surface area contributed by atoms with Crippen LogP contribution in [0.1, 0.15) is 37.8 Å². The maximum atomic E-state index is 14.6. The number of unbranched alkanes of at least 4 members (excludes halogenated alkanes) is 1. The first-order chi connectivity index (χ1) is 18.1. The second-order valence-corrected chi connectivity index (χ2v) is 11.0. The van der Waals surface area contributed by atoms with Crippen molar-refractivity contribution < 1.29 is 22.4 Å². The van der Waals surface area contributed by atoms with Crippen LogP contribution in [0.4, 0.5) is 10.1 Å². The van der Waals surface area contributed by atoms with E-state index in [0.717, 1.165) is 22.7 Å². The monoisotopic (exact) mass is 539 g/mol. The lowest BCUT2D eigenvalue weighted by Gasteiger charge is -2.32. The first-order valence-electron chi connectivity index (χ1n) is 12.6. The number of nitrogens with one attached hydrogen (secondary N) is 1. The maximum Gasteiger partial charge on any atom is 0.264 e. The number of hydrogen-bond donors (Lipinski definition) is 1. The van der Waals surface area contributed by atoms with Crippen LogP contribution in [0.5, 0.6) is 0 Å². The molecule has 0 fully saturated rings. The molecule has 0 bridgehead atoms. The highest BCUT2D eigenvalue weighted by molar-refractivity contribution is 7.92. The molecule has 0 radical (unpaired) electrons. The van der Waals surface area contributed by atoms with Crippen LogP contribution >= 0.6 is 0 Å². The topological polar surface area (TPSA) is 86.8 Å². The average Bonchev–Trinajstić information content (AvgIpc) is 2.91. The zero-order valence-electron chi connectivity index (χ0n) is 21.9. The molecule has 2 amide bonds. The van der Waals surface area contributed by atoms with Crippen LogP contribution in [0.3, 0.4) is 0 Å². The van der Waals surface area contributed by atoms with E-state index >= 15 is 0 Å². The molecule has 38 heavy (non-hydrogen) atoms. The van der Waals surface area contributed by atoms with Crippen LogP contribution in [-0.4, -0.2) is 44.3 Å². The summed E-state index contributed by atoms with van der Waals surface area (Å²) in [6, 6.07) is 19.7. The Morgan fingerprint density at radius 1 is 0.947 bits per heavy atom. The molecule has 0 heterocycles. The van der Waals surface area contributed by atoms with Crippen LogP contribution in [0.15, 0.2) is 83.8 Å². The van der Waals surface area contributed by atoms with Gasteiger partial charge in [0.15, 0.2) is 0 Å². The van der Waals surface area contributed by atoms with E-state index in [0.29, 0.717) is 12.2 Å². The Balaban J connectivity index is 1.98. The van der Waals surface area contributed by atoms with Gasteiger partial charge in [0.05, 0.1) is 10.6 Å². The van der Waals surface area contributed by atoms with E-state index in [1.165, 1.54) is 35.2 Å². The van der Waals surface area contributed by atoms with Crippen molar-refractivity contribution in [2.45, 2.75) is 51.1 Å². The quantitative estimate of drug-likeness (QED) is 0.339. The Hall–Kier alpha value is -3.72. The fraction of sp³-hybridized carbons (Fsp3) is 0.310. The highest BCUT2D eigenvalue weighted by Gasteiger charge is 2.32. The number of benzene rings is 3. The summed E-state index contributed by atoms with van der Waals surface area (Å²) < 4.78 is 43.0. The molecule has 0 aliphatic heterocycles. The predicted octanol–water partition coefficient (Wildman–Crippen LogP) is 4.66. The second-order valence-electron chi connectivity index (χ2n) is 9.09. The number of para-hydroxylation sites is 1. The number of carbonyl (C=O) groups excluding carboxylic acids is 2. The average molecular weight is 540 g/mol. The number of anilines is 1. The molecule has 0 spiro atoms. The molecule has 0 aliphatic rings. The van der Waals surface area contributed by atoms with Crippen LogP contribution in [-0.2, 0) is 26.2 Å². The highest BCUT2D eigenvalue weighted by atomic mass is 32.2. The number of halogens is 1. The van der Waals surface area contributed by atoms with E-state index in [4.69, 9.17) is 0 Å². The maximum absolute atomic E-state index is 14.6. The van der Waals surface area contributed by atoms with Crippen LogP contribution in [0, 0.1) is 12.7 Å². The van der Waals surface area contributed by atoms with Crippen LogP contribution < -0.4 is 9.62 Å². The summed E-state index contributed by atoms with van der Waals surface area (Å²) in [4.78, 5) is 27.9. The van der Waals surface area contributed by atoms with Crippen molar-refractivity contribution in [3.63, 3.8) is 0 Å². The summed E-state index contributed by atoms with van der Waals surface area (Å²) in [6.07, 6.45) is 1.66. The number of amides is 2. The summed E-state index contributed by atoms with van der Waals surface area (Å²) in [5.74, 6) is -1.54. The summed E-state index contributed by atoms with van der Waals surface area (Å²) in [7, 11) is -4.13. The third-order valence-electron chi connectivity index (χ3n) is 6.23. The molecule has 3 aromatic carbocycles. The minimum atomic E-state index is -4.13. The van der Waals surface area contributed by atoms with Crippen molar-refractivity contribution in [2.75, 3.05) is 17.4 Å². The molecule has 3 rings (SSSR count). The van der Waals surface area contributed by atoms with Crippen LogP contribution in [0.2, 0.25) is 0 Å². The SMILES string of the molecule is CCCCNC(=O)[C@@H](C)N(Cc1ccccc1F)C(=O)CN(c1ccccc1)S(=O)(=O)c1ccc(C)cc1. The molecule has 1 atom stereocenters. The van der Waals surface area contributed by atoms with E-state index in [1.807, 2.05) is 13.8 Å². The number of hydrogen-bond acceptors (Lipinski definition) is 4. The fourth-order valence-electron chi connectivity index (χ4n) is 3.89. The van der Waals surface area contributed by atoms with Gasteiger partial charge in [-0.3, -0.25) is 13.9 Å². The summed E-state index contributed by atoms with van der Waals surface area (Å²) in [5.41, 5.74) is 1.42. The molecule has 0 saturated heterocycles. The van der Waals surface area contributed by atoms with E-state index in [1.54, 1.807) is 55.5 Å². The molecule has 9 heteroatoms. The Morgan fingerprint density at radius 2 is 1.58 bits per heavy atom. The van der Waals surface area contributed by atoms with Crippen molar-refractivity contribution in [3.8, 4) is 0 Å². The van der Waals surface area contributed by atoms with Gasteiger partial charge in [-0.2, -0.15) is 0 Å². The second kappa shape index (κ2) is 13.2. The van der Waals surface area contributed by atoms with Gasteiger partial charge in [-0.05, 0) is 50.6 Å². The lowest BCUT2D eigenvalue weighted by molar-refractivity contribution is -0.139. The smallest absolute Gasteiger partial charge is 0.264 e. The molecule has 0 saturated carbocycles. The number of sulfonamides is 1. The van der Waals surface area contributed by atoms with E-state index in [-0.39, 0.29) is 17.0 Å². The Kier molecular flexibility index (Phi) is 10.0. The lowest BCUT2D eigenvalue weighted by Crippen LogP contribution is -2.51. The predicted molar refractivity (Wildman–Crippen MR) is 146 cm³/mol. The van der Waals surface area contributed by atoms with Gasteiger partial charge in [-0.25, -0.2) is 12.8 Å². The van der Waals surface area contributed by atoms with Gasteiger partial charge < -0.3 is 10.2 Å². The highest BCUT2D eigenvalue weighted by Crippen LogP contribution is 2.25. The number of carbonyl (C=O) groups is 2. The molecule has 7 nitrogen and oxygen atoms in total. The van der Waals surface area contributed by atoms with Crippen LogP contribution in [0.25, 0.3) is 0 Å². The molecule has 0 aromatic heterocycles. The fourth-order valence-corrected chi connectivity index (χ4v) is 5.30. The standard InChI is InChI=1S/C29H34FN3O4S/c1-4-5-19-31-29(35)23(3)32(20-24-11-9-10-14-27(24)30)28(34)21-33(25-12-7-6-8-13-25)38(36,37)26-17-15-22(2)16-18-26/h6-18,23H,4-5,19-21H2,1-3H3,(H,31,35)/t23-/m1/s1. The number of nitrogens with zero attached hydrogens (tertiary/aromatic N) is 2. The number of rotatable bonds is 12. The first kappa shape index (κ1) is 28.8. The minimum Gasteiger partial charge on any atom is -0.354 e. The molecular weight excluding hydrogens is 505 g/mol. The van der Waals surface area contributed by atoms with Gasteiger partial charge in [0, 0.05) is 18.7 Å². The van der Waals surface area contributed by atoms with Gasteiger partial charge in [0.1, 0.15) is 18.4 Å². The normalized spacial score (nSPS) is 12.0. The summed E-state index contributed by atoms with van der Waals surface area (Å²) in [5, 5.41) is 2.81. The Labute approximate surface area is 224 Å². The third-order valence-corrected chi connectivity index (χ3v) is 8.02. The van der Waals surface area contributed by atoms with Gasteiger partial charge >= 0.3 is 0 Å². The van der Waals surface area contributed by atoms with Crippen molar-refractivity contribution in [1.82, 2.24) is 10.2 Å². The van der Waals surface area contributed by atoms with E-state index in [2.05, 4.69) is 5.32 Å². The molecule has 3 aromatic rings. The number of aryl methyl sites for hydroxylation is 1. The zero-order chi connectivity index (χ0) is 27.7. The van der Waals surface area contributed by atoms with Gasteiger partial charge in [-0.15, -0.1) is 0 Å². The zero-order valence-corrected chi connectivity index (χ0v) is 22.7. The van der Waals surface area contributed by atoms with Gasteiger partial charge in [0.2, 0.25) is 11.8 Å². The van der Waals surface area contributed by atoms with Crippen molar-refractivity contribution >= 4 is 27.5 Å².